The lowest BCUT2D eigenvalue weighted by Gasteiger charge is -2.14. The maximum atomic E-state index is 5.97. The first-order valence-electron chi connectivity index (χ1n) is 6.72. The zero-order valence-corrected chi connectivity index (χ0v) is 11.8. The number of hydrogen-bond acceptors (Lipinski definition) is 4. The van der Waals surface area contributed by atoms with Gasteiger partial charge in [0.1, 0.15) is 18.0 Å². The van der Waals surface area contributed by atoms with Gasteiger partial charge < -0.3 is 10.3 Å². The third kappa shape index (κ3) is 2.92. The van der Waals surface area contributed by atoms with Crippen LogP contribution < -0.4 is 5.73 Å². The van der Waals surface area contributed by atoms with Gasteiger partial charge in [-0.05, 0) is 12.3 Å². The van der Waals surface area contributed by atoms with Crippen LogP contribution in [0.15, 0.2) is 18.7 Å². The summed E-state index contributed by atoms with van der Waals surface area (Å²) in [5.41, 5.74) is 7.98. The first-order valence-corrected chi connectivity index (χ1v) is 6.72. The smallest absolute Gasteiger partial charge is 0.130 e. The Balaban J connectivity index is 2.33. The van der Waals surface area contributed by atoms with E-state index in [4.69, 9.17) is 5.73 Å². The van der Waals surface area contributed by atoms with Crippen molar-refractivity contribution in [2.24, 2.45) is 0 Å². The molecule has 0 spiro atoms. The van der Waals surface area contributed by atoms with Crippen LogP contribution in [0.2, 0.25) is 0 Å². The Kier molecular flexibility index (Phi) is 4.14. The molecule has 0 aromatic carbocycles. The number of anilines is 1. The van der Waals surface area contributed by atoms with Gasteiger partial charge in [-0.1, -0.05) is 20.8 Å². The highest BCUT2D eigenvalue weighted by molar-refractivity contribution is 5.44. The van der Waals surface area contributed by atoms with Crippen molar-refractivity contribution in [3.63, 3.8) is 0 Å². The highest BCUT2D eigenvalue weighted by atomic mass is 15.1. The molecule has 0 atom stereocenters. The summed E-state index contributed by atoms with van der Waals surface area (Å²) in [6, 6.07) is 0. The van der Waals surface area contributed by atoms with Crippen LogP contribution in [0.5, 0.6) is 0 Å². The molecule has 5 nitrogen and oxygen atoms in total. The van der Waals surface area contributed by atoms with Gasteiger partial charge in [-0.15, -0.1) is 0 Å². The fourth-order valence-electron chi connectivity index (χ4n) is 2.32. The largest absolute Gasteiger partial charge is 0.383 e. The van der Waals surface area contributed by atoms with Crippen LogP contribution in [0.25, 0.3) is 0 Å². The molecule has 0 aliphatic rings. The summed E-state index contributed by atoms with van der Waals surface area (Å²) >= 11 is 0. The van der Waals surface area contributed by atoms with Crippen LogP contribution in [0, 0.1) is 0 Å². The summed E-state index contributed by atoms with van der Waals surface area (Å²) < 4.78 is 2.17. The average Bonchev–Trinajstić information content (AvgIpc) is 2.77. The zero-order valence-electron chi connectivity index (χ0n) is 11.8. The molecule has 0 amide bonds. The lowest BCUT2D eigenvalue weighted by Crippen LogP contribution is -2.10. The van der Waals surface area contributed by atoms with E-state index in [1.807, 2.05) is 12.4 Å². The van der Waals surface area contributed by atoms with Crippen molar-refractivity contribution in [3.8, 4) is 0 Å². The fourth-order valence-corrected chi connectivity index (χ4v) is 2.32. The Morgan fingerprint density at radius 2 is 2.05 bits per heavy atom. The number of aryl methyl sites for hydroxylation is 1. The summed E-state index contributed by atoms with van der Waals surface area (Å²) in [5.74, 6) is 1.92. The number of nitrogens with two attached hydrogens (primary N) is 1. The Hall–Kier alpha value is -1.91. The van der Waals surface area contributed by atoms with Gasteiger partial charge in [-0.2, -0.15) is 0 Å². The molecule has 0 bridgehead atoms. The number of hydrogen-bond donors (Lipinski definition) is 1. The number of imidazole rings is 1. The molecule has 0 radical (unpaired) electrons. The van der Waals surface area contributed by atoms with E-state index in [0.29, 0.717) is 18.2 Å². The van der Waals surface area contributed by atoms with Crippen LogP contribution in [-0.2, 0) is 13.0 Å². The predicted molar refractivity (Wildman–Crippen MR) is 75.9 cm³/mol. The molecule has 2 aromatic rings. The quantitative estimate of drug-likeness (QED) is 0.895. The van der Waals surface area contributed by atoms with E-state index in [1.165, 1.54) is 6.33 Å². The summed E-state index contributed by atoms with van der Waals surface area (Å²) in [7, 11) is 0. The summed E-state index contributed by atoms with van der Waals surface area (Å²) in [5, 5.41) is 0. The topological polar surface area (TPSA) is 69.6 Å². The maximum absolute atomic E-state index is 5.97. The monoisotopic (exact) mass is 259 g/mol. The van der Waals surface area contributed by atoms with Gasteiger partial charge in [0, 0.05) is 30.9 Å². The van der Waals surface area contributed by atoms with Crippen molar-refractivity contribution < 1.29 is 0 Å². The zero-order chi connectivity index (χ0) is 13.8. The SMILES string of the molecule is CCCn1ccnc1Cc1ncnc(N)c1C(C)C. The van der Waals surface area contributed by atoms with E-state index >= 15 is 0 Å². The molecule has 102 valence electrons. The van der Waals surface area contributed by atoms with E-state index in [1.54, 1.807) is 0 Å². The fraction of sp³-hybridized carbons (Fsp3) is 0.500. The second kappa shape index (κ2) is 5.82. The Labute approximate surface area is 113 Å². The van der Waals surface area contributed by atoms with Crippen LogP contribution in [0.1, 0.15) is 50.2 Å². The van der Waals surface area contributed by atoms with Gasteiger partial charge >= 0.3 is 0 Å². The molecule has 0 unspecified atom stereocenters. The third-order valence-electron chi connectivity index (χ3n) is 3.17. The maximum Gasteiger partial charge on any atom is 0.130 e. The standard InChI is InChI=1S/C14H21N5/c1-4-6-19-7-5-16-12(19)8-11-13(10(2)3)14(15)18-9-17-11/h5,7,9-10H,4,6,8H2,1-3H3,(H2,15,17,18). The number of nitrogens with zero attached hydrogens (tertiary/aromatic N) is 4. The molecular weight excluding hydrogens is 238 g/mol. The first kappa shape index (κ1) is 13.5. The molecule has 0 aliphatic carbocycles. The third-order valence-corrected chi connectivity index (χ3v) is 3.17. The van der Waals surface area contributed by atoms with E-state index < -0.39 is 0 Å². The predicted octanol–water partition coefficient (Wildman–Crippen LogP) is 2.38. The Morgan fingerprint density at radius 3 is 2.74 bits per heavy atom. The van der Waals surface area contributed by atoms with Gasteiger partial charge in [0.15, 0.2) is 0 Å². The van der Waals surface area contributed by atoms with Crippen LogP contribution in [-0.4, -0.2) is 19.5 Å². The van der Waals surface area contributed by atoms with Crippen molar-refractivity contribution in [3.05, 3.63) is 35.8 Å². The number of nitrogen functional groups attached to an aromatic ring is 1. The van der Waals surface area contributed by atoms with Crippen LogP contribution in [0.3, 0.4) is 0 Å². The molecule has 2 N–H and O–H groups in total. The summed E-state index contributed by atoms with van der Waals surface area (Å²) in [6.07, 6.45) is 7.17. The minimum atomic E-state index is 0.311. The molecular formula is C14H21N5. The van der Waals surface area contributed by atoms with E-state index in [-0.39, 0.29) is 0 Å². The number of rotatable bonds is 5. The van der Waals surface area contributed by atoms with Crippen LogP contribution in [0.4, 0.5) is 5.82 Å². The summed E-state index contributed by atoms with van der Waals surface area (Å²) in [4.78, 5) is 12.9. The molecule has 0 fully saturated rings. The highest BCUT2D eigenvalue weighted by Gasteiger charge is 2.15. The van der Waals surface area contributed by atoms with E-state index in [9.17, 15) is 0 Å². The molecule has 2 rings (SSSR count). The normalized spacial score (nSPS) is 11.2. The summed E-state index contributed by atoms with van der Waals surface area (Å²) in [6.45, 7) is 7.35. The van der Waals surface area contributed by atoms with Crippen LogP contribution >= 0.6 is 0 Å². The molecule has 0 aliphatic heterocycles. The second-order valence-electron chi connectivity index (χ2n) is 4.99. The molecule has 2 aromatic heterocycles. The average molecular weight is 259 g/mol. The van der Waals surface area contributed by atoms with Gasteiger partial charge in [0.05, 0.1) is 5.69 Å². The molecule has 0 saturated carbocycles. The Bertz CT molecular complexity index is 545. The van der Waals surface area contributed by atoms with Crippen molar-refractivity contribution in [1.82, 2.24) is 19.5 Å². The van der Waals surface area contributed by atoms with E-state index in [0.717, 1.165) is 30.0 Å². The minimum absolute atomic E-state index is 0.311. The van der Waals surface area contributed by atoms with Crippen molar-refractivity contribution >= 4 is 5.82 Å². The molecule has 5 heteroatoms. The minimum Gasteiger partial charge on any atom is -0.383 e. The van der Waals surface area contributed by atoms with Gasteiger partial charge in [0.2, 0.25) is 0 Å². The first-order chi connectivity index (χ1) is 9.13. The lowest BCUT2D eigenvalue weighted by molar-refractivity contribution is 0.642. The van der Waals surface area contributed by atoms with Gasteiger partial charge in [-0.3, -0.25) is 0 Å². The lowest BCUT2D eigenvalue weighted by atomic mass is 10.00. The Morgan fingerprint density at radius 1 is 1.26 bits per heavy atom. The van der Waals surface area contributed by atoms with Gasteiger partial charge in [0.25, 0.3) is 0 Å². The second-order valence-corrected chi connectivity index (χ2v) is 4.99. The van der Waals surface area contributed by atoms with Crippen molar-refractivity contribution in [1.29, 1.82) is 0 Å². The van der Waals surface area contributed by atoms with Crippen molar-refractivity contribution in [2.75, 3.05) is 5.73 Å². The number of aromatic nitrogens is 4. The van der Waals surface area contributed by atoms with Gasteiger partial charge in [-0.25, -0.2) is 15.0 Å². The molecule has 0 saturated heterocycles. The van der Waals surface area contributed by atoms with Crippen molar-refractivity contribution in [2.45, 2.75) is 46.1 Å². The highest BCUT2D eigenvalue weighted by Crippen LogP contribution is 2.24. The van der Waals surface area contributed by atoms with E-state index in [2.05, 4.69) is 40.3 Å². The molecule has 19 heavy (non-hydrogen) atoms. The molecule has 2 heterocycles.